The van der Waals surface area contributed by atoms with Crippen molar-refractivity contribution in [2.45, 2.75) is 51.9 Å². The molecule has 2 N–H and O–H groups in total. The van der Waals surface area contributed by atoms with Crippen LogP contribution in [0.5, 0.6) is 5.75 Å². The predicted octanol–water partition coefficient (Wildman–Crippen LogP) is 7.67. The van der Waals surface area contributed by atoms with Crippen molar-refractivity contribution < 1.29 is 9.53 Å². The summed E-state index contributed by atoms with van der Waals surface area (Å²) in [6.07, 6.45) is 1.01. The van der Waals surface area contributed by atoms with Gasteiger partial charge in [-0.25, -0.2) is 4.68 Å². The van der Waals surface area contributed by atoms with Crippen LogP contribution in [0.25, 0.3) is 0 Å². The van der Waals surface area contributed by atoms with Gasteiger partial charge in [-0.15, -0.1) is 5.10 Å². The zero-order chi connectivity index (χ0) is 28.2. The van der Waals surface area contributed by atoms with Crippen molar-refractivity contribution in [3.63, 3.8) is 0 Å². The minimum atomic E-state index is -0.561. The average molecular weight is 619 g/mol. The number of halogens is 1. The highest BCUT2D eigenvalue weighted by Crippen LogP contribution is 2.41. The number of ether oxygens (including phenoxy) is 1. The second-order valence-corrected chi connectivity index (χ2v) is 11.8. The summed E-state index contributed by atoms with van der Waals surface area (Å²) in [5.41, 5.74) is 6.09. The summed E-state index contributed by atoms with van der Waals surface area (Å²) in [4.78, 5) is 18.7. The van der Waals surface area contributed by atoms with Crippen LogP contribution in [0, 0.1) is 13.8 Å². The molecule has 1 aliphatic rings. The van der Waals surface area contributed by atoms with Gasteiger partial charge in [0, 0.05) is 27.2 Å². The van der Waals surface area contributed by atoms with Crippen molar-refractivity contribution in [2.75, 3.05) is 16.4 Å². The number of carbonyl (C=O) groups is 1. The molecule has 206 valence electrons. The first-order chi connectivity index (χ1) is 19.3. The third-order valence-electron chi connectivity index (χ3n) is 6.69. The topological polar surface area (TPSA) is 81.1 Å². The number of allylic oxidation sites excluding steroid dienone is 1. The number of para-hydroxylation sites is 1. The standard InChI is InChI=1S/C31H32BrN5O2S/c1-5-16-40-31-35-30-33-21(4)27(29(38)34-25-9-7-6-8-20(25)3)28(37(30)36-31)24-17-23(32)14-15-26(24)39-18-22-12-10-19(2)11-13-22/h6-15,17,28H,5,16,18H2,1-4H3,(H,34,38)(H,33,35,36). The van der Waals surface area contributed by atoms with Crippen LogP contribution >= 0.6 is 27.7 Å². The molecule has 0 spiro atoms. The molecule has 4 aromatic rings. The molecular formula is C31H32BrN5O2S. The molecule has 0 bridgehead atoms. The lowest BCUT2D eigenvalue weighted by Gasteiger charge is -2.30. The Labute approximate surface area is 247 Å². The maximum absolute atomic E-state index is 14.0. The SMILES string of the molecule is CCCSc1nc2n(n1)C(c1cc(Br)ccc1OCc1ccc(C)cc1)C(C(=O)Nc1ccccc1C)=C(C)N2. The number of nitrogens with zero attached hydrogens (tertiary/aromatic N) is 3. The molecule has 3 aromatic carbocycles. The van der Waals surface area contributed by atoms with Gasteiger partial charge in [0.1, 0.15) is 18.4 Å². The van der Waals surface area contributed by atoms with E-state index in [9.17, 15) is 4.79 Å². The van der Waals surface area contributed by atoms with Gasteiger partial charge >= 0.3 is 0 Å². The van der Waals surface area contributed by atoms with Crippen molar-refractivity contribution in [1.29, 1.82) is 0 Å². The summed E-state index contributed by atoms with van der Waals surface area (Å²) in [5, 5.41) is 12.0. The molecule has 40 heavy (non-hydrogen) atoms. The molecule has 5 rings (SSSR count). The monoisotopic (exact) mass is 617 g/mol. The fourth-order valence-corrected chi connectivity index (χ4v) is 5.64. The van der Waals surface area contributed by atoms with E-state index in [1.807, 2.05) is 56.3 Å². The summed E-state index contributed by atoms with van der Waals surface area (Å²) in [7, 11) is 0. The van der Waals surface area contributed by atoms with E-state index in [4.69, 9.17) is 14.8 Å². The minimum Gasteiger partial charge on any atom is -0.489 e. The Morgan fingerprint density at radius 2 is 1.88 bits per heavy atom. The molecule has 1 amide bonds. The normalized spacial score (nSPS) is 14.5. The molecule has 0 aliphatic carbocycles. The number of hydrogen-bond acceptors (Lipinski definition) is 6. The summed E-state index contributed by atoms with van der Waals surface area (Å²) in [6, 6.07) is 21.4. The average Bonchev–Trinajstić information content (AvgIpc) is 3.34. The van der Waals surface area contributed by atoms with E-state index in [0.717, 1.165) is 39.0 Å². The molecule has 0 saturated heterocycles. The van der Waals surface area contributed by atoms with Crippen LogP contribution in [0.4, 0.5) is 11.6 Å². The molecule has 0 fully saturated rings. The van der Waals surface area contributed by atoms with Crippen LogP contribution in [0.2, 0.25) is 0 Å². The number of nitrogens with one attached hydrogen (secondary N) is 2. The summed E-state index contributed by atoms with van der Waals surface area (Å²) in [5.74, 6) is 1.97. The third-order valence-corrected chi connectivity index (χ3v) is 8.22. The van der Waals surface area contributed by atoms with Crippen molar-refractivity contribution in [3.05, 3.63) is 105 Å². The lowest BCUT2D eigenvalue weighted by molar-refractivity contribution is -0.113. The fraction of sp³-hybridized carbons (Fsp3) is 0.258. The lowest BCUT2D eigenvalue weighted by Crippen LogP contribution is -2.32. The molecule has 0 radical (unpaired) electrons. The molecule has 9 heteroatoms. The molecule has 1 unspecified atom stereocenters. The van der Waals surface area contributed by atoms with E-state index in [1.165, 1.54) is 5.56 Å². The Kier molecular flexibility index (Phi) is 8.61. The van der Waals surface area contributed by atoms with Crippen LogP contribution < -0.4 is 15.4 Å². The van der Waals surface area contributed by atoms with Crippen molar-refractivity contribution in [2.24, 2.45) is 0 Å². The van der Waals surface area contributed by atoms with E-state index in [-0.39, 0.29) is 5.91 Å². The number of aromatic nitrogens is 3. The first-order valence-electron chi connectivity index (χ1n) is 13.3. The van der Waals surface area contributed by atoms with Gasteiger partial charge in [0.25, 0.3) is 5.91 Å². The molecule has 1 aliphatic heterocycles. The largest absolute Gasteiger partial charge is 0.489 e. The Morgan fingerprint density at radius 1 is 1.10 bits per heavy atom. The highest BCUT2D eigenvalue weighted by molar-refractivity contribution is 9.10. The zero-order valence-corrected chi connectivity index (χ0v) is 25.4. The summed E-state index contributed by atoms with van der Waals surface area (Å²) in [6.45, 7) is 8.47. The van der Waals surface area contributed by atoms with Crippen molar-refractivity contribution in [3.8, 4) is 5.75 Å². The minimum absolute atomic E-state index is 0.210. The van der Waals surface area contributed by atoms with Gasteiger partial charge in [-0.2, -0.15) is 4.98 Å². The Morgan fingerprint density at radius 3 is 2.62 bits per heavy atom. The number of benzene rings is 3. The molecule has 2 heterocycles. The van der Waals surface area contributed by atoms with E-state index in [1.54, 1.807) is 16.4 Å². The number of thioether (sulfide) groups is 1. The maximum Gasteiger partial charge on any atom is 0.255 e. The molecule has 1 aromatic heterocycles. The lowest BCUT2D eigenvalue weighted by atomic mass is 9.94. The van der Waals surface area contributed by atoms with Crippen LogP contribution in [-0.2, 0) is 11.4 Å². The number of anilines is 2. The van der Waals surface area contributed by atoms with Crippen molar-refractivity contribution >= 4 is 45.2 Å². The smallest absolute Gasteiger partial charge is 0.255 e. The zero-order valence-electron chi connectivity index (χ0n) is 23.0. The maximum atomic E-state index is 14.0. The number of fused-ring (bicyclic) bond motifs is 1. The molecule has 1 atom stereocenters. The van der Waals surface area contributed by atoms with E-state index in [0.29, 0.717) is 34.7 Å². The molecular weight excluding hydrogens is 586 g/mol. The third kappa shape index (κ3) is 6.10. The highest BCUT2D eigenvalue weighted by Gasteiger charge is 2.36. The number of hydrogen-bond donors (Lipinski definition) is 2. The van der Waals surface area contributed by atoms with E-state index in [2.05, 4.69) is 64.7 Å². The van der Waals surface area contributed by atoms with Gasteiger partial charge in [-0.05, 0) is 62.6 Å². The van der Waals surface area contributed by atoms with E-state index < -0.39 is 6.04 Å². The van der Waals surface area contributed by atoms with Gasteiger partial charge in [0.2, 0.25) is 11.1 Å². The van der Waals surface area contributed by atoms with Crippen LogP contribution in [0.15, 0.2) is 87.6 Å². The summed E-state index contributed by atoms with van der Waals surface area (Å²) >= 11 is 5.24. The fourth-order valence-electron chi connectivity index (χ4n) is 4.58. The summed E-state index contributed by atoms with van der Waals surface area (Å²) < 4.78 is 9.08. The van der Waals surface area contributed by atoms with Gasteiger partial charge in [0.05, 0.1) is 5.57 Å². The first-order valence-corrected chi connectivity index (χ1v) is 15.0. The Balaban J connectivity index is 1.58. The number of rotatable bonds is 9. The van der Waals surface area contributed by atoms with Crippen molar-refractivity contribution in [1.82, 2.24) is 14.8 Å². The van der Waals surface area contributed by atoms with E-state index >= 15 is 0 Å². The number of aryl methyl sites for hydroxylation is 2. The predicted molar refractivity (Wildman–Crippen MR) is 165 cm³/mol. The first kappa shape index (κ1) is 28.0. The molecule has 7 nitrogen and oxygen atoms in total. The van der Waals surface area contributed by atoms with Gasteiger partial charge < -0.3 is 15.4 Å². The van der Waals surface area contributed by atoms with Gasteiger partial charge in [-0.1, -0.05) is 82.6 Å². The quantitative estimate of drug-likeness (QED) is 0.188. The van der Waals surface area contributed by atoms with Crippen LogP contribution in [0.1, 0.15) is 48.6 Å². The van der Waals surface area contributed by atoms with Crippen LogP contribution in [0.3, 0.4) is 0 Å². The Bertz CT molecular complexity index is 1560. The number of amides is 1. The number of carbonyl (C=O) groups excluding carboxylic acids is 1. The second-order valence-electron chi connectivity index (χ2n) is 9.80. The highest BCUT2D eigenvalue weighted by atomic mass is 79.9. The molecule has 0 saturated carbocycles. The second kappa shape index (κ2) is 12.3. The Hall–Kier alpha value is -3.56. The van der Waals surface area contributed by atoms with Gasteiger partial charge in [0.15, 0.2) is 0 Å². The van der Waals surface area contributed by atoms with Crippen LogP contribution in [-0.4, -0.2) is 26.4 Å². The van der Waals surface area contributed by atoms with Gasteiger partial charge in [-0.3, -0.25) is 4.79 Å².